The van der Waals surface area contributed by atoms with Gasteiger partial charge in [-0.2, -0.15) is 5.10 Å². The number of aliphatic hydroxyl groups is 2. The molecule has 0 radical (unpaired) electrons. The predicted molar refractivity (Wildman–Crippen MR) is 63.6 cm³/mol. The third-order valence-electron chi connectivity index (χ3n) is 2.09. The van der Waals surface area contributed by atoms with E-state index in [4.69, 9.17) is 0 Å². The van der Waals surface area contributed by atoms with Crippen LogP contribution in [-0.2, 0) is 4.79 Å². The van der Waals surface area contributed by atoms with Crippen LogP contribution in [0.15, 0.2) is 16.9 Å². The molecule has 7 heteroatoms. The maximum atomic E-state index is 10.8. The molecular weight excluding hydrogens is 244 g/mol. The SMILES string of the molecule is CC(=O)SCCC(O)C(O)c1ccc(=O)[nH]n1. The lowest BCUT2D eigenvalue weighted by Gasteiger charge is -2.16. The van der Waals surface area contributed by atoms with Crippen molar-refractivity contribution < 1.29 is 15.0 Å². The van der Waals surface area contributed by atoms with Gasteiger partial charge in [0.05, 0.1) is 11.8 Å². The zero-order chi connectivity index (χ0) is 12.8. The van der Waals surface area contributed by atoms with Gasteiger partial charge in [0.25, 0.3) is 5.56 Å². The zero-order valence-corrected chi connectivity index (χ0v) is 10.1. The highest BCUT2D eigenvalue weighted by Gasteiger charge is 2.19. The Kier molecular flexibility index (Phi) is 5.33. The van der Waals surface area contributed by atoms with Crippen LogP contribution in [0.25, 0.3) is 0 Å². The maximum absolute atomic E-state index is 10.8. The first kappa shape index (κ1) is 13.9. The van der Waals surface area contributed by atoms with Crippen molar-refractivity contribution in [2.45, 2.75) is 25.6 Å². The lowest BCUT2D eigenvalue weighted by Crippen LogP contribution is -2.22. The van der Waals surface area contributed by atoms with Crippen LogP contribution in [0, 0.1) is 0 Å². The number of thioether (sulfide) groups is 1. The molecular formula is C10H14N2O4S. The van der Waals surface area contributed by atoms with Crippen LogP contribution in [0.2, 0.25) is 0 Å². The summed E-state index contributed by atoms with van der Waals surface area (Å²) in [5, 5.41) is 25.1. The first-order valence-corrected chi connectivity index (χ1v) is 6.04. The molecule has 0 fully saturated rings. The molecule has 0 spiro atoms. The van der Waals surface area contributed by atoms with Crippen molar-refractivity contribution in [2.75, 3.05) is 5.75 Å². The largest absolute Gasteiger partial charge is 0.390 e. The molecule has 1 heterocycles. The quantitative estimate of drug-likeness (QED) is 0.677. The summed E-state index contributed by atoms with van der Waals surface area (Å²) in [6.07, 6.45) is -1.91. The van der Waals surface area contributed by atoms with Gasteiger partial charge in [0.1, 0.15) is 6.10 Å². The van der Waals surface area contributed by atoms with Crippen LogP contribution < -0.4 is 5.56 Å². The summed E-state index contributed by atoms with van der Waals surface area (Å²) >= 11 is 1.09. The Balaban J connectivity index is 2.51. The number of hydrogen-bond acceptors (Lipinski definition) is 6. The number of aromatic nitrogens is 2. The average Bonchev–Trinajstić information content (AvgIpc) is 2.28. The number of nitrogens with one attached hydrogen (secondary N) is 1. The Hall–Kier alpha value is -1.18. The molecule has 2 atom stereocenters. The molecule has 94 valence electrons. The van der Waals surface area contributed by atoms with Gasteiger partial charge in [-0.15, -0.1) is 0 Å². The van der Waals surface area contributed by atoms with Crippen LogP contribution in [0.1, 0.15) is 25.1 Å². The van der Waals surface area contributed by atoms with E-state index in [0.29, 0.717) is 5.75 Å². The molecule has 17 heavy (non-hydrogen) atoms. The first-order valence-electron chi connectivity index (χ1n) is 5.06. The van der Waals surface area contributed by atoms with Crippen molar-refractivity contribution in [3.8, 4) is 0 Å². The first-order chi connectivity index (χ1) is 8.00. The number of H-pyrrole nitrogens is 1. The molecule has 1 aromatic heterocycles. The molecule has 0 bridgehead atoms. The summed E-state index contributed by atoms with van der Waals surface area (Å²) in [6.45, 7) is 1.44. The van der Waals surface area contributed by atoms with E-state index in [1.54, 1.807) is 0 Å². The molecule has 0 saturated carbocycles. The van der Waals surface area contributed by atoms with Crippen molar-refractivity contribution >= 4 is 16.9 Å². The van der Waals surface area contributed by atoms with Crippen LogP contribution >= 0.6 is 11.8 Å². The van der Waals surface area contributed by atoms with Crippen molar-refractivity contribution in [1.29, 1.82) is 0 Å². The molecule has 0 aromatic carbocycles. The summed E-state index contributed by atoms with van der Waals surface area (Å²) in [6, 6.07) is 2.58. The number of carbonyl (C=O) groups is 1. The Labute approximate surface area is 102 Å². The van der Waals surface area contributed by atoms with Gasteiger partial charge in [-0.1, -0.05) is 11.8 Å². The third kappa shape index (κ3) is 4.68. The van der Waals surface area contributed by atoms with Crippen LogP contribution in [0.4, 0.5) is 0 Å². The molecule has 2 unspecified atom stereocenters. The van der Waals surface area contributed by atoms with Gasteiger partial charge in [0.15, 0.2) is 5.12 Å². The summed E-state index contributed by atoms with van der Waals surface area (Å²) in [7, 11) is 0. The highest BCUT2D eigenvalue weighted by molar-refractivity contribution is 8.13. The normalized spacial score (nSPS) is 14.3. The molecule has 1 aromatic rings. The summed E-state index contributed by atoms with van der Waals surface area (Å²) in [5.41, 5.74) is -0.174. The fourth-order valence-electron chi connectivity index (χ4n) is 1.20. The molecule has 1 rings (SSSR count). The fraction of sp³-hybridized carbons (Fsp3) is 0.500. The molecule has 0 aliphatic carbocycles. The van der Waals surface area contributed by atoms with Crippen LogP contribution in [-0.4, -0.2) is 37.4 Å². The van der Waals surface area contributed by atoms with Gasteiger partial charge in [-0.05, 0) is 12.5 Å². The number of nitrogens with zero attached hydrogens (tertiary/aromatic N) is 1. The van der Waals surface area contributed by atoms with E-state index in [-0.39, 0.29) is 22.8 Å². The molecule has 0 aliphatic heterocycles. The monoisotopic (exact) mass is 258 g/mol. The van der Waals surface area contributed by atoms with Gasteiger partial charge >= 0.3 is 0 Å². The second kappa shape index (κ2) is 6.53. The van der Waals surface area contributed by atoms with Gasteiger partial charge < -0.3 is 10.2 Å². The zero-order valence-electron chi connectivity index (χ0n) is 9.29. The second-order valence-corrected chi connectivity index (χ2v) is 4.76. The molecule has 0 amide bonds. The van der Waals surface area contributed by atoms with Gasteiger partial charge in [0.2, 0.25) is 0 Å². The van der Waals surface area contributed by atoms with Gasteiger partial charge in [-0.3, -0.25) is 9.59 Å². The van der Waals surface area contributed by atoms with E-state index >= 15 is 0 Å². The van der Waals surface area contributed by atoms with E-state index in [1.165, 1.54) is 19.1 Å². The number of carbonyl (C=O) groups excluding carboxylic acids is 1. The Bertz CT molecular complexity index is 414. The van der Waals surface area contributed by atoms with E-state index < -0.39 is 12.2 Å². The number of hydrogen-bond donors (Lipinski definition) is 3. The summed E-state index contributed by atoms with van der Waals surface area (Å²) in [5.74, 6) is 0.427. The second-order valence-electron chi connectivity index (χ2n) is 3.49. The van der Waals surface area contributed by atoms with E-state index in [9.17, 15) is 19.8 Å². The number of aliphatic hydroxyl groups excluding tert-OH is 2. The molecule has 3 N–H and O–H groups in total. The predicted octanol–water partition coefficient (Wildman–Crippen LogP) is -0.166. The van der Waals surface area contributed by atoms with Crippen LogP contribution in [0.5, 0.6) is 0 Å². The minimum absolute atomic E-state index is 0.0335. The molecule has 0 aliphatic rings. The summed E-state index contributed by atoms with van der Waals surface area (Å²) in [4.78, 5) is 21.4. The molecule has 0 saturated heterocycles. The smallest absolute Gasteiger partial charge is 0.264 e. The van der Waals surface area contributed by atoms with E-state index in [1.807, 2.05) is 0 Å². The van der Waals surface area contributed by atoms with Crippen molar-refractivity contribution in [2.24, 2.45) is 0 Å². The lowest BCUT2D eigenvalue weighted by atomic mass is 10.1. The van der Waals surface area contributed by atoms with Crippen LogP contribution in [0.3, 0.4) is 0 Å². The minimum atomic E-state index is -1.17. The number of rotatable bonds is 5. The Morgan fingerprint density at radius 1 is 1.53 bits per heavy atom. The van der Waals surface area contributed by atoms with Crippen molar-refractivity contribution in [3.63, 3.8) is 0 Å². The third-order valence-corrected chi connectivity index (χ3v) is 2.93. The fourth-order valence-corrected chi connectivity index (χ4v) is 1.85. The standard InChI is InChI=1S/C10H14N2O4S/c1-6(13)17-5-4-8(14)10(16)7-2-3-9(15)12-11-7/h2-3,8,10,14,16H,4-5H2,1H3,(H,12,15). The number of aromatic amines is 1. The van der Waals surface area contributed by atoms with E-state index in [2.05, 4.69) is 10.2 Å². The average molecular weight is 258 g/mol. The Morgan fingerprint density at radius 3 is 2.76 bits per heavy atom. The van der Waals surface area contributed by atoms with E-state index in [0.717, 1.165) is 11.8 Å². The minimum Gasteiger partial charge on any atom is -0.390 e. The molecule has 6 nitrogen and oxygen atoms in total. The highest BCUT2D eigenvalue weighted by atomic mass is 32.2. The lowest BCUT2D eigenvalue weighted by molar-refractivity contribution is -0.109. The van der Waals surface area contributed by atoms with Crippen molar-refractivity contribution in [1.82, 2.24) is 10.2 Å². The summed E-state index contributed by atoms with van der Waals surface area (Å²) < 4.78 is 0. The highest BCUT2D eigenvalue weighted by Crippen LogP contribution is 2.17. The van der Waals surface area contributed by atoms with Gasteiger partial charge in [-0.25, -0.2) is 5.10 Å². The van der Waals surface area contributed by atoms with Gasteiger partial charge in [0, 0.05) is 18.7 Å². The maximum Gasteiger partial charge on any atom is 0.264 e. The van der Waals surface area contributed by atoms with Crippen molar-refractivity contribution in [3.05, 3.63) is 28.2 Å². The topological polar surface area (TPSA) is 103 Å². The Morgan fingerprint density at radius 2 is 2.24 bits per heavy atom.